The Balaban J connectivity index is 1.60. The van der Waals surface area contributed by atoms with Gasteiger partial charge >= 0.3 is 13.1 Å². The van der Waals surface area contributed by atoms with Gasteiger partial charge in [-0.05, 0) is 66.2 Å². The monoisotopic (exact) mass is 560 g/mol. The molecule has 1 unspecified atom stereocenters. The summed E-state index contributed by atoms with van der Waals surface area (Å²) in [6.45, 7) is 4.83. The minimum Gasteiger partial charge on any atom is -0.406 e. The second-order valence-electron chi connectivity index (χ2n) is 10.5. The maximum absolute atomic E-state index is 13.7. The fourth-order valence-electron chi connectivity index (χ4n) is 3.95. The molecule has 206 valence electrons. The van der Waals surface area contributed by atoms with Crippen molar-refractivity contribution in [3.8, 4) is 16.9 Å². The van der Waals surface area contributed by atoms with Crippen molar-refractivity contribution in [3.63, 3.8) is 0 Å². The van der Waals surface area contributed by atoms with Crippen LogP contribution in [0.1, 0.15) is 44.0 Å². The largest absolute Gasteiger partial charge is 0.573 e. The van der Waals surface area contributed by atoms with Gasteiger partial charge in [-0.15, -0.1) is 13.2 Å². The van der Waals surface area contributed by atoms with Crippen LogP contribution in [0.5, 0.6) is 5.75 Å². The SMILES string of the molecule is C[SH](C)P(=O)(OCC(C)(C)C)N1CCC(NC(=O)c2cccc(-c3ccc(OC(F)(F)F)cc3)c2)CC1. The molecule has 1 aliphatic rings. The number of hydrogen-bond donors (Lipinski definition) is 2. The second kappa shape index (κ2) is 11.8. The van der Waals surface area contributed by atoms with Crippen LogP contribution in [0.15, 0.2) is 48.5 Å². The zero-order valence-electron chi connectivity index (χ0n) is 21.8. The standard InChI is InChI=1S/C26H36F3N2O4PS/c1-25(2,3)18-34-36(33,37(4)5)31-15-13-22(14-16-31)30-24(32)21-8-6-7-20(17-21)19-9-11-23(12-10-19)35-26(27,28)29/h6-12,17,22,37H,13-16,18H2,1-5H3,(H,30,32). The van der Waals surface area contributed by atoms with E-state index in [0.29, 0.717) is 49.2 Å². The number of carbonyl (C=O) groups excluding carboxylic acids is 1. The minimum atomic E-state index is -4.75. The smallest absolute Gasteiger partial charge is 0.406 e. The number of amides is 1. The van der Waals surface area contributed by atoms with E-state index in [1.807, 2.05) is 17.2 Å². The molecule has 1 fully saturated rings. The van der Waals surface area contributed by atoms with E-state index in [1.165, 1.54) is 24.3 Å². The maximum atomic E-state index is 13.7. The Hall–Kier alpha value is -2.00. The third-order valence-electron chi connectivity index (χ3n) is 5.88. The molecule has 0 radical (unpaired) electrons. The zero-order chi connectivity index (χ0) is 27.4. The molecule has 0 aromatic heterocycles. The average Bonchev–Trinajstić information content (AvgIpc) is 2.82. The van der Waals surface area contributed by atoms with Crippen LogP contribution in [0.2, 0.25) is 0 Å². The Morgan fingerprint density at radius 1 is 1.05 bits per heavy atom. The lowest BCUT2D eigenvalue weighted by atomic mass is 9.99. The Morgan fingerprint density at radius 2 is 1.68 bits per heavy atom. The Bertz CT molecular complexity index is 1110. The summed E-state index contributed by atoms with van der Waals surface area (Å²) >= 11 is 0. The van der Waals surface area contributed by atoms with Crippen molar-refractivity contribution in [2.24, 2.45) is 5.41 Å². The van der Waals surface area contributed by atoms with Crippen LogP contribution >= 0.6 is 17.2 Å². The van der Waals surface area contributed by atoms with Gasteiger partial charge in [0.2, 0.25) is 0 Å². The molecule has 1 saturated heterocycles. The number of thiol groups is 1. The quantitative estimate of drug-likeness (QED) is 0.272. The van der Waals surface area contributed by atoms with Crippen molar-refractivity contribution in [1.29, 1.82) is 0 Å². The number of alkyl halides is 3. The summed E-state index contributed by atoms with van der Waals surface area (Å²) in [6, 6.07) is 12.4. The van der Waals surface area contributed by atoms with Crippen molar-refractivity contribution >= 4 is 23.1 Å². The van der Waals surface area contributed by atoms with E-state index < -0.39 is 23.6 Å². The molecule has 0 bridgehead atoms. The van der Waals surface area contributed by atoms with Gasteiger partial charge in [-0.1, -0.05) is 45.0 Å². The highest BCUT2D eigenvalue weighted by molar-refractivity contribution is 8.65. The number of benzene rings is 2. The van der Waals surface area contributed by atoms with Gasteiger partial charge in [0, 0.05) is 24.7 Å². The van der Waals surface area contributed by atoms with Gasteiger partial charge in [-0.25, -0.2) is 4.67 Å². The molecule has 2 aromatic rings. The third kappa shape index (κ3) is 8.50. The Morgan fingerprint density at radius 3 is 2.22 bits per heavy atom. The molecule has 0 saturated carbocycles. The Labute approximate surface area is 219 Å². The van der Waals surface area contributed by atoms with Crippen LogP contribution in [0.4, 0.5) is 13.2 Å². The Kier molecular flexibility index (Phi) is 9.43. The first-order valence-corrected chi connectivity index (χ1v) is 16.6. The van der Waals surface area contributed by atoms with Gasteiger partial charge in [0.25, 0.3) is 5.91 Å². The molecule has 6 nitrogen and oxygen atoms in total. The predicted octanol–water partition coefficient (Wildman–Crippen LogP) is 6.88. The number of piperidine rings is 1. The molecule has 3 rings (SSSR count). The van der Waals surface area contributed by atoms with Crippen molar-refractivity contribution in [2.75, 3.05) is 32.2 Å². The summed E-state index contributed by atoms with van der Waals surface area (Å²) in [5.41, 5.74) is 1.75. The van der Waals surface area contributed by atoms with Gasteiger partial charge < -0.3 is 14.6 Å². The van der Waals surface area contributed by atoms with Gasteiger partial charge in [0.15, 0.2) is 0 Å². The fraction of sp³-hybridized carbons (Fsp3) is 0.500. The number of carbonyl (C=O) groups is 1. The highest BCUT2D eigenvalue weighted by atomic mass is 32.8. The lowest BCUT2D eigenvalue weighted by molar-refractivity contribution is -0.274. The van der Waals surface area contributed by atoms with E-state index in [4.69, 9.17) is 4.52 Å². The average molecular weight is 561 g/mol. The molecule has 1 heterocycles. The maximum Gasteiger partial charge on any atom is 0.573 e. The first-order chi connectivity index (χ1) is 17.2. The van der Waals surface area contributed by atoms with E-state index >= 15 is 0 Å². The molecule has 37 heavy (non-hydrogen) atoms. The third-order valence-corrected chi connectivity index (χ3v) is 12.6. The normalized spacial score (nSPS) is 17.7. The lowest BCUT2D eigenvalue weighted by Crippen LogP contribution is -2.43. The van der Waals surface area contributed by atoms with Crippen molar-refractivity contribution in [2.45, 2.75) is 46.0 Å². The predicted molar refractivity (Wildman–Crippen MR) is 144 cm³/mol. The van der Waals surface area contributed by atoms with Crippen molar-refractivity contribution in [1.82, 2.24) is 9.99 Å². The molecular weight excluding hydrogens is 524 g/mol. The van der Waals surface area contributed by atoms with E-state index in [2.05, 4.69) is 30.8 Å². The summed E-state index contributed by atoms with van der Waals surface area (Å²) in [5.74, 6) is -0.527. The summed E-state index contributed by atoms with van der Waals surface area (Å²) in [4.78, 5) is 13.0. The molecule has 11 heteroatoms. The highest BCUT2D eigenvalue weighted by Crippen LogP contribution is 2.69. The van der Waals surface area contributed by atoms with Crippen LogP contribution < -0.4 is 10.1 Å². The number of halogens is 3. The number of ether oxygens (including phenoxy) is 1. The first kappa shape index (κ1) is 29.6. The van der Waals surface area contributed by atoms with Crippen molar-refractivity contribution in [3.05, 3.63) is 54.1 Å². The van der Waals surface area contributed by atoms with Gasteiger partial charge in [-0.3, -0.25) is 9.36 Å². The van der Waals surface area contributed by atoms with E-state index in [1.54, 1.807) is 24.3 Å². The number of rotatable bonds is 8. The molecule has 1 atom stereocenters. The van der Waals surface area contributed by atoms with Crippen LogP contribution in [0.25, 0.3) is 11.1 Å². The molecule has 0 spiro atoms. The number of nitrogens with one attached hydrogen (secondary N) is 1. The molecule has 1 amide bonds. The van der Waals surface area contributed by atoms with Gasteiger partial charge in [0.1, 0.15) is 5.75 Å². The van der Waals surface area contributed by atoms with Gasteiger partial charge in [-0.2, -0.15) is 10.5 Å². The number of nitrogens with zero attached hydrogens (tertiary/aromatic N) is 1. The molecule has 0 aliphatic carbocycles. The van der Waals surface area contributed by atoms with Crippen LogP contribution in [-0.2, 0) is 9.09 Å². The second-order valence-corrected chi connectivity index (χ2v) is 17.9. The lowest BCUT2D eigenvalue weighted by Gasteiger charge is -2.40. The van der Waals surface area contributed by atoms with E-state index in [9.17, 15) is 22.5 Å². The number of hydrogen-bond acceptors (Lipinski definition) is 4. The first-order valence-electron chi connectivity index (χ1n) is 12.1. The zero-order valence-corrected chi connectivity index (χ0v) is 23.6. The van der Waals surface area contributed by atoms with Crippen LogP contribution in [-0.4, -0.2) is 55.2 Å². The van der Waals surface area contributed by atoms with Crippen LogP contribution in [0, 0.1) is 5.41 Å². The van der Waals surface area contributed by atoms with E-state index in [-0.39, 0.29) is 23.1 Å². The summed E-state index contributed by atoms with van der Waals surface area (Å²) in [7, 11) is -0.816. The molecular formula is C26H36F3N2O4PS. The minimum absolute atomic E-state index is 0.0535. The summed E-state index contributed by atoms with van der Waals surface area (Å²) < 4.78 is 62.8. The van der Waals surface area contributed by atoms with Gasteiger partial charge in [0.05, 0.1) is 6.61 Å². The van der Waals surface area contributed by atoms with Crippen molar-refractivity contribution < 1.29 is 31.8 Å². The molecule has 1 N–H and O–H groups in total. The van der Waals surface area contributed by atoms with Crippen LogP contribution in [0.3, 0.4) is 0 Å². The fourth-order valence-corrected chi connectivity index (χ4v) is 9.06. The molecule has 1 aliphatic heterocycles. The molecule has 2 aromatic carbocycles. The highest BCUT2D eigenvalue weighted by Gasteiger charge is 2.38. The van der Waals surface area contributed by atoms with E-state index in [0.717, 1.165) is 0 Å². The summed E-state index contributed by atoms with van der Waals surface area (Å²) in [5, 5.41) is 3.07. The summed E-state index contributed by atoms with van der Waals surface area (Å²) in [6.07, 6.45) is 0.547. The topological polar surface area (TPSA) is 67.9 Å².